The molecule has 0 radical (unpaired) electrons. The highest BCUT2D eigenvalue weighted by atomic mass is 19.1. The topological polar surface area (TPSA) is 29.5 Å². The largest absolute Gasteiger partial charge is 0.366 e. The van der Waals surface area contributed by atoms with E-state index in [1.165, 1.54) is 0 Å². The van der Waals surface area contributed by atoms with Gasteiger partial charge in [-0.2, -0.15) is 0 Å². The molecule has 54 valence electrons. The van der Waals surface area contributed by atoms with Gasteiger partial charge in [0, 0.05) is 6.42 Å². The SMILES string of the molecule is CCC1CC(F)C(O)O1. The van der Waals surface area contributed by atoms with Crippen LogP contribution in [0.15, 0.2) is 0 Å². The minimum absolute atomic E-state index is 0.0741. The molecule has 1 rings (SSSR count). The first-order valence-electron chi connectivity index (χ1n) is 3.21. The van der Waals surface area contributed by atoms with Crippen LogP contribution < -0.4 is 0 Å². The molecule has 0 bridgehead atoms. The van der Waals surface area contributed by atoms with E-state index in [1.807, 2.05) is 6.92 Å². The van der Waals surface area contributed by atoms with Crippen LogP contribution in [0.5, 0.6) is 0 Å². The lowest BCUT2D eigenvalue weighted by Gasteiger charge is -2.04. The number of halogens is 1. The van der Waals surface area contributed by atoms with Gasteiger partial charge in [-0.25, -0.2) is 4.39 Å². The van der Waals surface area contributed by atoms with E-state index in [0.717, 1.165) is 6.42 Å². The molecule has 1 saturated heterocycles. The molecule has 2 nitrogen and oxygen atoms in total. The molecule has 9 heavy (non-hydrogen) atoms. The summed E-state index contributed by atoms with van der Waals surface area (Å²) in [5.74, 6) is 0. The van der Waals surface area contributed by atoms with Crippen molar-refractivity contribution in [3.05, 3.63) is 0 Å². The number of rotatable bonds is 1. The Bertz CT molecular complexity index is 87.1. The monoisotopic (exact) mass is 134 g/mol. The maximum absolute atomic E-state index is 12.4. The average Bonchev–Trinajstić information content (AvgIpc) is 2.13. The summed E-state index contributed by atoms with van der Waals surface area (Å²) in [5, 5.41) is 8.70. The van der Waals surface area contributed by atoms with E-state index in [9.17, 15) is 4.39 Å². The molecular formula is C6H11FO2. The number of alkyl halides is 1. The molecule has 0 aliphatic carbocycles. The molecule has 1 aliphatic rings. The molecule has 3 unspecified atom stereocenters. The molecular weight excluding hydrogens is 123 g/mol. The van der Waals surface area contributed by atoms with E-state index in [0.29, 0.717) is 6.42 Å². The first kappa shape index (κ1) is 6.96. The molecule has 0 spiro atoms. The Morgan fingerprint density at radius 1 is 1.78 bits per heavy atom. The van der Waals surface area contributed by atoms with Crippen LogP contribution in [0.25, 0.3) is 0 Å². The van der Waals surface area contributed by atoms with Crippen molar-refractivity contribution in [2.75, 3.05) is 0 Å². The van der Waals surface area contributed by atoms with Gasteiger partial charge in [-0.1, -0.05) is 6.92 Å². The second kappa shape index (κ2) is 2.62. The van der Waals surface area contributed by atoms with Crippen molar-refractivity contribution >= 4 is 0 Å². The molecule has 3 atom stereocenters. The lowest BCUT2D eigenvalue weighted by Crippen LogP contribution is -2.15. The molecule has 3 heteroatoms. The molecule has 0 aromatic carbocycles. The molecule has 1 fully saturated rings. The third-order valence-electron chi connectivity index (χ3n) is 1.58. The lowest BCUT2D eigenvalue weighted by molar-refractivity contribution is -0.112. The summed E-state index contributed by atoms with van der Waals surface area (Å²) >= 11 is 0. The zero-order chi connectivity index (χ0) is 6.85. The van der Waals surface area contributed by atoms with Gasteiger partial charge >= 0.3 is 0 Å². The van der Waals surface area contributed by atoms with Gasteiger partial charge in [-0.05, 0) is 6.42 Å². The van der Waals surface area contributed by atoms with Crippen molar-refractivity contribution in [3.8, 4) is 0 Å². The normalized spacial score (nSPS) is 43.7. The zero-order valence-electron chi connectivity index (χ0n) is 5.38. The second-order valence-corrected chi connectivity index (χ2v) is 2.31. The Morgan fingerprint density at radius 2 is 2.44 bits per heavy atom. The zero-order valence-corrected chi connectivity index (χ0v) is 5.38. The molecule has 0 saturated carbocycles. The summed E-state index contributed by atoms with van der Waals surface area (Å²) in [7, 11) is 0. The van der Waals surface area contributed by atoms with Crippen molar-refractivity contribution < 1.29 is 14.2 Å². The van der Waals surface area contributed by atoms with Crippen molar-refractivity contribution in [1.29, 1.82) is 0 Å². The second-order valence-electron chi connectivity index (χ2n) is 2.31. The Balaban J connectivity index is 2.35. The maximum Gasteiger partial charge on any atom is 0.186 e. The summed E-state index contributed by atoms with van der Waals surface area (Å²) in [5.41, 5.74) is 0. The fraction of sp³-hybridized carbons (Fsp3) is 1.00. The van der Waals surface area contributed by atoms with E-state index >= 15 is 0 Å². The lowest BCUT2D eigenvalue weighted by atomic mass is 10.2. The van der Waals surface area contributed by atoms with Crippen LogP contribution in [0, 0.1) is 0 Å². The number of hydrogen-bond acceptors (Lipinski definition) is 2. The average molecular weight is 134 g/mol. The first-order chi connectivity index (χ1) is 4.24. The van der Waals surface area contributed by atoms with Crippen LogP contribution in [0.1, 0.15) is 19.8 Å². The Kier molecular flexibility index (Phi) is 2.03. The van der Waals surface area contributed by atoms with Gasteiger partial charge in [0.15, 0.2) is 12.5 Å². The maximum atomic E-state index is 12.4. The number of hydrogen-bond donors (Lipinski definition) is 1. The van der Waals surface area contributed by atoms with Crippen molar-refractivity contribution in [3.63, 3.8) is 0 Å². The van der Waals surface area contributed by atoms with Crippen LogP contribution in [-0.2, 0) is 4.74 Å². The fourth-order valence-electron chi connectivity index (χ4n) is 0.968. The Hall–Kier alpha value is -0.150. The van der Waals surface area contributed by atoms with Crippen LogP contribution in [-0.4, -0.2) is 23.7 Å². The molecule has 1 aliphatic heterocycles. The third-order valence-corrected chi connectivity index (χ3v) is 1.58. The summed E-state index contributed by atoms with van der Waals surface area (Å²) in [6.07, 6.45) is -1.30. The minimum atomic E-state index is -1.17. The van der Waals surface area contributed by atoms with Gasteiger partial charge in [0.05, 0.1) is 6.10 Å². The van der Waals surface area contributed by atoms with Gasteiger partial charge in [0.2, 0.25) is 0 Å². The van der Waals surface area contributed by atoms with Crippen molar-refractivity contribution in [2.45, 2.75) is 38.3 Å². The summed E-state index contributed by atoms with van der Waals surface area (Å²) in [6.45, 7) is 1.91. The van der Waals surface area contributed by atoms with E-state index in [4.69, 9.17) is 9.84 Å². The smallest absolute Gasteiger partial charge is 0.186 e. The van der Waals surface area contributed by atoms with Crippen molar-refractivity contribution in [2.24, 2.45) is 0 Å². The molecule has 1 heterocycles. The number of aliphatic hydroxyl groups excluding tert-OH is 1. The number of ether oxygens (including phenoxy) is 1. The highest BCUT2D eigenvalue weighted by Gasteiger charge is 2.32. The van der Waals surface area contributed by atoms with Crippen LogP contribution in [0.2, 0.25) is 0 Å². The quantitative estimate of drug-likeness (QED) is 0.576. The van der Waals surface area contributed by atoms with E-state index in [-0.39, 0.29) is 6.10 Å². The molecule has 0 aromatic rings. The Morgan fingerprint density at radius 3 is 2.67 bits per heavy atom. The first-order valence-corrected chi connectivity index (χ1v) is 3.21. The van der Waals surface area contributed by atoms with Crippen LogP contribution in [0.3, 0.4) is 0 Å². The predicted molar refractivity (Wildman–Crippen MR) is 30.7 cm³/mol. The Labute approximate surface area is 53.6 Å². The highest BCUT2D eigenvalue weighted by molar-refractivity contribution is 4.74. The summed E-state index contributed by atoms with van der Waals surface area (Å²) < 4.78 is 17.2. The number of aliphatic hydroxyl groups is 1. The van der Waals surface area contributed by atoms with Gasteiger partial charge in [-0.15, -0.1) is 0 Å². The predicted octanol–water partition coefficient (Wildman–Crippen LogP) is 0.842. The summed E-state index contributed by atoms with van der Waals surface area (Å²) in [4.78, 5) is 0. The van der Waals surface area contributed by atoms with Crippen LogP contribution in [0.4, 0.5) is 4.39 Å². The highest BCUT2D eigenvalue weighted by Crippen LogP contribution is 2.22. The standard InChI is InChI=1S/C6H11FO2/c1-2-4-3-5(7)6(8)9-4/h4-6,8H,2-3H2,1H3. The fourth-order valence-corrected chi connectivity index (χ4v) is 0.968. The van der Waals surface area contributed by atoms with Gasteiger partial charge < -0.3 is 9.84 Å². The van der Waals surface area contributed by atoms with Crippen LogP contribution >= 0.6 is 0 Å². The van der Waals surface area contributed by atoms with Gasteiger partial charge in [-0.3, -0.25) is 0 Å². The van der Waals surface area contributed by atoms with Gasteiger partial charge in [0.25, 0.3) is 0 Å². The molecule has 1 N–H and O–H groups in total. The summed E-state index contributed by atoms with van der Waals surface area (Å²) in [6, 6.07) is 0. The van der Waals surface area contributed by atoms with E-state index in [1.54, 1.807) is 0 Å². The van der Waals surface area contributed by atoms with E-state index in [2.05, 4.69) is 0 Å². The van der Waals surface area contributed by atoms with Gasteiger partial charge in [0.1, 0.15) is 0 Å². The van der Waals surface area contributed by atoms with E-state index < -0.39 is 12.5 Å². The minimum Gasteiger partial charge on any atom is -0.366 e. The van der Waals surface area contributed by atoms with Crippen molar-refractivity contribution in [1.82, 2.24) is 0 Å². The molecule has 0 aromatic heterocycles. The molecule has 0 amide bonds. The third kappa shape index (κ3) is 1.40.